The van der Waals surface area contributed by atoms with Crippen LogP contribution >= 0.6 is 0 Å². The van der Waals surface area contributed by atoms with Crippen LogP contribution in [0.25, 0.3) is 0 Å². The molecular formula is C19H23NO. The Labute approximate surface area is 126 Å². The second-order valence-corrected chi connectivity index (χ2v) is 5.81. The maximum atomic E-state index is 9.74. The quantitative estimate of drug-likeness (QED) is 0.880. The lowest BCUT2D eigenvalue weighted by molar-refractivity contribution is 0.159. The van der Waals surface area contributed by atoms with Crippen molar-refractivity contribution >= 4 is 0 Å². The van der Waals surface area contributed by atoms with Gasteiger partial charge in [-0.3, -0.25) is 0 Å². The molecule has 2 nitrogen and oxygen atoms in total. The van der Waals surface area contributed by atoms with Crippen molar-refractivity contribution in [2.24, 2.45) is 0 Å². The van der Waals surface area contributed by atoms with Gasteiger partial charge in [0.1, 0.15) is 0 Å². The Morgan fingerprint density at radius 3 is 2.19 bits per heavy atom. The minimum Gasteiger partial charge on any atom is -0.393 e. The van der Waals surface area contributed by atoms with Gasteiger partial charge >= 0.3 is 0 Å². The molecule has 1 atom stereocenters. The van der Waals surface area contributed by atoms with Gasteiger partial charge in [0.25, 0.3) is 0 Å². The monoisotopic (exact) mass is 281 g/mol. The standard InChI is InChI=1S/C19H23NO/c1-2-16(21)11-12-20-19-17-9-5-3-7-14(17)13-15-8-4-6-10-18(15)19/h3-10,16,19-21H,2,11-13H2,1H3. The van der Waals surface area contributed by atoms with Crippen molar-refractivity contribution in [2.45, 2.75) is 38.3 Å². The first-order valence-corrected chi connectivity index (χ1v) is 7.86. The van der Waals surface area contributed by atoms with Gasteiger partial charge < -0.3 is 10.4 Å². The molecule has 0 heterocycles. The number of benzene rings is 2. The summed E-state index contributed by atoms with van der Waals surface area (Å²) in [4.78, 5) is 0. The molecule has 0 fully saturated rings. The van der Waals surface area contributed by atoms with Gasteiger partial charge in [0.15, 0.2) is 0 Å². The van der Waals surface area contributed by atoms with Gasteiger partial charge in [0, 0.05) is 0 Å². The molecule has 1 aliphatic rings. The van der Waals surface area contributed by atoms with E-state index in [0.29, 0.717) is 0 Å². The first kappa shape index (κ1) is 14.3. The third-order valence-corrected chi connectivity index (χ3v) is 4.41. The van der Waals surface area contributed by atoms with Gasteiger partial charge in [-0.2, -0.15) is 0 Å². The van der Waals surface area contributed by atoms with Gasteiger partial charge in [-0.15, -0.1) is 0 Å². The number of aliphatic hydroxyl groups excluding tert-OH is 1. The van der Waals surface area contributed by atoms with Gasteiger partial charge in [-0.05, 0) is 48.1 Å². The summed E-state index contributed by atoms with van der Waals surface area (Å²) in [6.45, 7) is 2.86. The number of fused-ring (bicyclic) bond motifs is 2. The van der Waals surface area contributed by atoms with Crippen LogP contribution in [0.15, 0.2) is 48.5 Å². The molecule has 2 heteroatoms. The zero-order valence-corrected chi connectivity index (χ0v) is 12.5. The van der Waals surface area contributed by atoms with Gasteiger partial charge in [0.05, 0.1) is 12.1 Å². The SMILES string of the molecule is CCC(O)CCNC1c2ccccc2Cc2ccccc21. The molecular weight excluding hydrogens is 258 g/mol. The van der Waals surface area contributed by atoms with Crippen molar-refractivity contribution < 1.29 is 5.11 Å². The number of nitrogens with one attached hydrogen (secondary N) is 1. The lowest BCUT2D eigenvalue weighted by atomic mass is 9.82. The summed E-state index contributed by atoms with van der Waals surface area (Å²) >= 11 is 0. The Morgan fingerprint density at radius 2 is 1.62 bits per heavy atom. The van der Waals surface area contributed by atoms with Gasteiger partial charge in [0.2, 0.25) is 0 Å². The molecule has 0 saturated heterocycles. The highest BCUT2D eigenvalue weighted by Crippen LogP contribution is 2.34. The van der Waals surface area contributed by atoms with Crippen molar-refractivity contribution in [1.29, 1.82) is 0 Å². The molecule has 0 aromatic heterocycles. The third-order valence-electron chi connectivity index (χ3n) is 4.41. The highest BCUT2D eigenvalue weighted by Gasteiger charge is 2.24. The summed E-state index contributed by atoms with van der Waals surface area (Å²) in [5, 5.41) is 13.4. The molecule has 1 aliphatic carbocycles. The maximum Gasteiger partial charge on any atom is 0.0582 e. The summed E-state index contributed by atoms with van der Waals surface area (Å²) in [7, 11) is 0. The van der Waals surface area contributed by atoms with E-state index < -0.39 is 0 Å². The molecule has 2 aromatic rings. The van der Waals surface area contributed by atoms with E-state index in [-0.39, 0.29) is 12.1 Å². The second-order valence-electron chi connectivity index (χ2n) is 5.81. The fourth-order valence-electron chi connectivity index (χ4n) is 3.14. The molecule has 0 bridgehead atoms. The lowest BCUT2D eigenvalue weighted by Gasteiger charge is -2.29. The van der Waals surface area contributed by atoms with Crippen LogP contribution in [0.2, 0.25) is 0 Å². The summed E-state index contributed by atoms with van der Waals surface area (Å²) in [6.07, 6.45) is 2.44. The van der Waals surface area contributed by atoms with E-state index in [1.54, 1.807) is 0 Å². The Hall–Kier alpha value is -1.64. The highest BCUT2D eigenvalue weighted by molar-refractivity contribution is 5.48. The fraction of sp³-hybridized carbons (Fsp3) is 0.368. The smallest absolute Gasteiger partial charge is 0.0582 e. The predicted octanol–water partition coefficient (Wildman–Crippen LogP) is 3.43. The Kier molecular flexibility index (Phi) is 4.37. The number of hydrogen-bond donors (Lipinski definition) is 2. The largest absolute Gasteiger partial charge is 0.393 e. The van der Waals surface area contributed by atoms with Crippen LogP contribution in [0, 0.1) is 0 Å². The second kappa shape index (κ2) is 6.42. The molecule has 0 spiro atoms. The number of hydrogen-bond acceptors (Lipinski definition) is 2. The van der Waals surface area contributed by atoms with Crippen LogP contribution in [0.4, 0.5) is 0 Å². The molecule has 0 amide bonds. The van der Waals surface area contributed by atoms with E-state index in [0.717, 1.165) is 25.8 Å². The summed E-state index contributed by atoms with van der Waals surface area (Å²) in [6, 6.07) is 17.6. The Morgan fingerprint density at radius 1 is 1.05 bits per heavy atom. The molecule has 3 rings (SSSR count). The molecule has 2 aromatic carbocycles. The van der Waals surface area contributed by atoms with Crippen LogP contribution in [0.1, 0.15) is 48.1 Å². The summed E-state index contributed by atoms with van der Waals surface area (Å²) in [5.41, 5.74) is 5.57. The van der Waals surface area contributed by atoms with Crippen molar-refractivity contribution in [3.63, 3.8) is 0 Å². The Bertz CT molecular complexity index is 563. The fourth-order valence-corrected chi connectivity index (χ4v) is 3.14. The van der Waals surface area contributed by atoms with E-state index in [1.807, 2.05) is 6.92 Å². The number of rotatable bonds is 5. The van der Waals surface area contributed by atoms with Gasteiger partial charge in [-0.1, -0.05) is 55.5 Å². The van der Waals surface area contributed by atoms with Crippen LogP contribution < -0.4 is 5.32 Å². The van der Waals surface area contributed by atoms with E-state index in [1.165, 1.54) is 22.3 Å². The van der Waals surface area contributed by atoms with E-state index in [9.17, 15) is 5.11 Å². The Balaban J connectivity index is 1.84. The molecule has 110 valence electrons. The average molecular weight is 281 g/mol. The summed E-state index contributed by atoms with van der Waals surface area (Å²) in [5.74, 6) is 0. The molecule has 0 aliphatic heterocycles. The van der Waals surface area contributed by atoms with E-state index >= 15 is 0 Å². The van der Waals surface area contributed by atoms with Crippen LogP contribution in [0.5, 0.6) is 0 Å². The molecule has 21 heavy (non-hydrogen) atoms. The minimum atomic E-state index is -0.202. The molecule has 0 saturated carbocycles. The van der Waals surface area contributed by atoms with Crippen molar-refractivity contribution in [2.75, 3.05) is 6.54 Å². The molecule has 0 radical (unpaired) electrons. The minimum absolute atomic E-state index is 0.202. The van der Waals surface area contributed by atoms with Crippen molar-refractivity contribution in [3.05, 3.63) is 70.8 Å². The van der Waals surface area contributed by atoms with Crippen molar-refractivity contribution in [3.8, 4) is 0 Å². The zero-order valence-electron chi connectivity index (χ0n) is 12.5. The lowest BCUT2D eigenvalue weighted by Crippen LogP contribution is -2.29. The third kappa shape index (κ3) is 3.02. The highest BCUT2D eigenvalue weighted by atomic mass is 16.3. The first-order valence-electron chi connectivity index (χ1n) is 7.86. The van der Waals surface area contributed by atoms with Crippen molar-refractivity contribution in [1.82, 2.24) is 5.32 Å². The molecule has 2 N–H and O–H groups in total. The average Bonchev–Trinajstić information content (AvgIpc) is 2.54. The molecule has 1 unspecified atom stereocenters. The van der Waals surface area contributed by atoms with Crippen LogP contribution in [0.3, 0.4) is 0 Å². The number of aliphatic hydroxyl groups is 1. The topological polar surface area (TPSA) is 32.3 Å². The zero-order chi connectivity index (χ0) is 14.7. The van der Waals surface area contributed by atoms with Crippen LogP contribution in [-0.2, 0) is 6.42 Å². The maximum absolute atomic E-state index is 9.74. The van der Waals surface area contributed by atoms with E-state index in [4.69, 9.17) is 0 Å². The normalized spacial score (nSPS) is 15.3. The van der Waals surface area contributed by atoms with Gasteiger partial charge in [-0.25, -0.2) is 0 Å². The predicted molar refractivity (Wildman–Crippen MR) is 86.5 cm³/mol. The first-order chi connectivity index (χ1) is 10.3. The van der Waals surface area contributed by atoms with E-state index in [2.05, 4.69) is 53.8 Å². The summed E-state index contributed by atoms with van der Waals surface area (Å²) < 4.78 is 0. The van der Waals surface area contributed by atoms with Crippen LogP contribution in [-0.4, -0.2) is 17.8 Å².